The van der Waals surface area contributed by atoms with E-state index in [0.717, 1.165) is 50.3 Å². The molecule has 0 radical (unpaired) electrons. The molecule has 0 amide bonds. The predicted molar refractivity (Wildman–Crippen MR) is 277 cm³/mol. The van der Waals surface area contributed by atoms with Gasteiger partial charge in [-0.15, -0.1) is 0 Å². The Morgan fingerprint density at radius 1 is 0.408 bits per heavy atom. The summed E-state index contributed by atoms with van der Waals surface area (Å²) in [5.74, 6) is 0.759. The standard InChI is InChI=1S/C63H62O8/c1-64-56-39-37-52(38-40-56)45-69-62-60(71-58(46-65-41-48-23-9-2-10-24-48)59(67-43-50-27-13-4-14-28-50)61(62)68-44-51-29-15-5-16-30-51)57(66-42-49-25-11-3-12-26-49)47-70-63(53-31-17-6-18-32-53,54-33-19-7-20-34-54)55-35-21-8-22-36-55/h2-40,57-62H,41-47H2,1H3/t57-,58+,59-,60-,61-,62-/m0/s1. The maximum atomic E-state index is 7.62. The molecule has 0 unspecified atom stereocenters. The van der Waals surface area contributed by atoms with E-state index in [2.05, 4.69) is 121 Å². The molecule has 0 aliphatic carbocycles. The van der Waals surface area contributed by atoms with E-state index in [0.29, 0.717) is 19.8 Å². The summed E-state index contributed by atoms with van der Waals surface area (Å²) < 4.78 is 55.9. The third-order valence-corrected chi connectivity index (χ3v) is 12.9. The zero-order chi connectivity index (χ0) is 48.3. The molecule has 362 valence electrons. The number of rotatable bonds is 24. The van der Waals surface area contributed by atoms with E-state index in [1.165, 1.54) is 0 Å². The number of benzene rings is 8. The Balaban J connectivity index is 1.16. The monoisotopic (exact) mass is 946 g/mol. The van der Waals surface area contributed by atoms with Crippen molar-refractivity contribution in [2.45, 2.75) is 75.3 Å². The van der Waals surface area contributed by atoms with Crippen LogP contribution in [0.1, 0.15) is 44.5 Å². The third kappa shape index (κ3) is 13.0. The molecule has 1 heterocycles. The molecule has 8 nitrogen and oxygen atoms in total. The minimum Gasteiger partial charge on any atom is -0.497 e. The highest BCUT2D eigenvalue weighted by atomic mass is 16.6. The van der Waals surface area contributed by atoms with Gasteiger partial charge in [-0.3, -0.25) is 0 Å². The van der Waals surface area contributed by atoms with Crippen molar-refractivity contribution in [2.75, 3.05) is 20.3 Å². The van der Waals surface area contributed by atoms with Crippen LogP contribution in [0.25, 0.3) is 0 Å². The first-order valence-corrected chi connectivity index (χ1v) is 24.4. The third-order valence-electron chi connectivity index (χ3n) is 12.9. The van der Waals surface area contributed by atoms with Crippen molar-refractivity contribution in [3.05, 3.63) is 281 Å². The molecule has 8 heteroatoms. The lowest BCUT2D eigenvalue weighted by Gasteiger charge is -2.48. The Hall–Kier alpha value is -6.72. The van der Waals surface area contributed by atoms with Crippen molar-refractivity contribution in [2.24, 2.45) is 0 Å². The van der Waals surface area contributed by atoms with Gasteiger partial charge < -0.3 is 37.9 Å². The van der Waals surface area contributed by atoms with Crippen LogP contribution in [-0.4, -0.2) is 56.9 Å². The summed E-state index contributed by atoms with van der Waals surface area (Å²) in [5.41, 5.74) is 6.92. The highest BCUT2D eigenvalue weighted by Crippen LogP contribution is 2.42. The number of hydrogen-bond donors (Lipinski definition) is 0. The molecule has 0 N–H and O–H groups in total. The first-order chi connectivity index (χ1) is 35.2. The molecule has 0 saturated carbocycles. The van der Waals surface area contributed by atoms with Gasteiger partial charge in [-0.05, 0) is 56.6 Å². The zero-order valence-electron chi connectivity index (χ0n) is 40.2. The predicted octanol–water partition coefficient (Wildman–Crippen LogP) is 12.3. The molecule has 9 rings (SSSR count). The lowest BCUT2D eigenvalue weighted by Crippen LogP contribution is -2.64. The first kappa shape index (κ1) is 49.3. The fourth-order valence-corrected chi connectivity index (χ4v) is 9.26. The van der Waals surface area contributed by atoms with E-state index in [-0.39, 0.29) is 26.4 Å². The minimum absolute atomic E-state index is 0.0944. The van der Waals surface area contributed by atoms with E-state index in [1.54, 1.807) is 7.11 Å². The van der Waals surface area contributed by atoms with Gasteiger partial charge in [0.2, 0.25) is 0 Å². The second kappa shape index (κ2) is 25.4. The van der Waals surface area contributed by atoms with Crippen LogP contribution in [0.4, 0.5) is 0 Å². The largest absolute Gasteiger partial charge is 0.497 e. The van der Waals surface area contributed by atoms with Crippen molar-refractivity contribution < 1.29 is 37.9 Å². The van der Waals surface area contributed by atoms with E-state index < -0.39 is 42.2 Å². The van der Waals surface area contributed by atoms with Crippen molar-refractivity contribution in [3.63, 3.8) is 0 Å². The van der Waals surface area contributed by atoms with Crippen molar-refractivity contribution in [1.82, 2.24) is 0 Å². The molecule has 8 aromatic carbocycles. The van der Waals surface area contributed by atoms with Crippen LogP contribution in [0.2, 0.25) is 0 Å². The van der Waals surface area contributed by atoms with Gasteiger partial charge >= 0.3 is 0 Å². The van der Waals surface area contributed by atoms with Gasteiger partial charge in [-0.25, -0.2) is 0 Å². The molecule has 0 aromatic heterocycles. The lowest BCUT2D eigenvalue weighted by molar-refractivity contribution is -0.295. The normalized spacial score (nSPS) is 18.4. The molecular weight excluding hydrogens is 885 g/mol. The van der Waals surface area contributed by atoms with Gasteiger partial charge in [-0.2, -0.15) is 0 Å². The molecule has 1 saturated heterocycles. The molecule has 1 aliphatic heterocycles. The van der Waals surface area contributed by atoms with Crippen molar-refractivity contribution >= 4 is 0 Å². The number of hydrogen-bond acceptors (Lipinski definition) is 8. The summed E-state index contributed by atoms with van der Waals surface area (Å²) in [6.07, 6.45) is -4.17. The van der Waals surface area contributed by atoms with Gasteiger partial charge in [0, 0.05) is 0 Å². The van der Waals surface area contributed by atoms with Crippen LogP contribution in [0.5, 0.6) is 5.75 Å². The first-order valence-electron chi connectivity index (χ1n) is 24.4. The number of methoxy groups -OCH3 is 1. The van der Waals surface area contributed by atoms with Crippen LogP contribution in [0.3, 0.4) is 0 Å². The Morgan fingerprint density at radius 2 is 0.789 bits per heavy atom. The minimum atomic E-state index is -1.05. The van der Waals surface area contributed by atoms with Crippen LogP contribution in [0.15, 0.2) is 237 Å². The quantitative estimate of drug-likeness (QED) is 0.0555. The molecular formula is C63H62O8. The van der Waals surface area contributed by atoms with Gasteiger partial charge in [-0.1, -0.05) is 224 Å². The van der Waals surface area contributed by atoms with E-state index in [4.69, 9.17) is 37.9 Å². The fourth-order valence-electron chi connectivity index (χ4n) is 9.26. The summed E-state index contributed by atoms with van der Waals surface area (Å²) in [7, 11) is 1.67. The Bertz CT molecular complexity index is 2620. The van der Waals surface area contributed by atoms with Gasteiger partial charge in [0.05, 0.1) is 53.4 Å². The van der Waals surface area contributed by atoms with E-state index >= 15 is 0 Å². The summed E-state index contributed by atoms with van der Waals surface area (Å²) >= 11 is 0. The van der Waals surface area contributed by atoms with Gasteiger partial charge in [0.15, 0.2) is 0 Å². The summed E-state index contributed by atoms with van der Waals surface area (Å²) in [4.78, 5) is 0. The highest BCUT2D eigenvalue weighted by molar-refractivity contribution is 5.47. The maximum Gasteiger partial charge on any atom is 0.143 e. The van der Waals surface area contributed by atoms with Gasteiger partial charge in [0.1, 0.15) is 48.0 Å². The molecule has 71 heavy (non-hydrogen) atoms. The second-order valence-corrected chi connectivity index (χ2v) is 17.7. The highest BCUT2D eigenvalue weighted by Gasteiger charge is 2.52. The molecule has 1 fully saturated rings. The van der Waals surface area contributed by atoms with Crippen molar-refractivity contribution in [3.8, 4) is 5.75 Å². The number of ether oxygens (including phenoxy) is 8. The average molecular weight is 947 g/mol. The topological polar surface area (TPSA) is 73.8 Å². The van der Waals surface area contributed by atoms with Crippen molar-refractivity contribution in [1.29, 1.82) is 0 Å². The molecule has 0 bridgehead atoms. The molecule has 1 aliphatic rings. The second-order valence-electron chi connectivity index (χ2n) is 17.7. The smallest absolute Gasteiger partial charge is 0.143 e. The van der Waals surface area contributed by atoms with Crippen LogP contribution < -0.4 is 4.74 Å². The maximum absolute atomic E-state index is 7.62. The summed E-state index contributed by atoms with van der Waals surface area (Å²) in [6.45, 7) is 1.83. The Labute approximate surface area is 418 Å². The zero-order valence-corrected chi connectivity index (χ0v) is 40.2. The van der Waals surface area contributed by atoms with Gasteiger partial charge in [0.25, 0.3) is 0 Å². The lowest BCUT2D eigenvalue weighted by atomic mass is 9.80. The molecule has 6 atom stereocenters. The van der Waals surface area contributed by atoms with Crippen LogP contribution >= 0.6 is 0 Å². The fraction of sp³-hybridized carbons (Fsp3) is 0.238. The van der Waals surface area contributed by atoms with E-state index in [9.17, 15) is 0 Å². The van der Waals surface area contributed by atoms with Crippen LogP contribution in [0, 0.1) is 0 Å². The Morgan fingerprint density at radius 3 is 1.24 bits per heavy atom. The Kier molecular flexibility index (Phi) is 17.6. The summed E-state index contributed by atoms with van der Waals surface area (Å²) in [6, 6.07) is 79.8. The molecule has 8 aromatic rings. The van der Waals surface area contributed by atoms with E-state index in [1.807, 2.05) is 115 Å². The molecule has 0 spiro atoms. The summed E-state index contributed by atoms with van der Waals surface area (Å²) in [5, 5.41) is 0. The van der Waals surface area contributed by atoms with Crippen LogP contribution in [-0.2, 0) is 71.8 Å². The SMILES string of the molecule is COc1ccc(CO[C@@H]2[C@@H](OCc3ccccc3)[C@@H](OCc3ccccc3)[C@@H](COCc3ccccc3)O[C@H]2[C@H](COC(c2ccccc2)(c2ccccc2)c2ccccc2)OCc2ccccc2)cc1. The average Bonchev–Trinajstić information content (AvgIpc) is 3.44.